The molecule has 0 aliphatic rings. The number of aliphatic carboxylic acids is 2. The van der Waals surface area contributed by atoms with E-state index in [1.54, 1.807) is 0 Å². The van der Waals surface area contributed by atoms with Crippen LogP contribution in [0.5, 0.6) is 0 Å². The van der Waals surface area contributed by atoms with E-state index in [2.05, 4.69) is 0 Å². The molecule has 0 radical (unpaired) electrons. The van der Waals surface area contributed by atoms with Gasteiger partial charge in [0, 0.05) is 6.42 Å². The number of carboxylic acids is 2. The Morgan fingerprint density at radius 2 is 1.81 bits per heavy atom. The highest BCUT2D eigenvalue weighted by Gasteiger charge is 2.26. The summed E-state index contributed by atoms with van der Waals surface area (Å²) in [5, 5.41) is 17.6. The van der Waals surface area contributed by atoms with E-state index < -0.39 is 34.4 Å². The summed E-state index contributed by atoms with van der Waals surface area (Å²) in [6, 6.07) is 1.93. The summed E-state index contributed by atoms with van der Waals surface area (Å²) < 4.78 is 26.0. The van der Waals surface area contributed by atoms with Crippen LogP contribution in [0.2, 0.25) is 10.0 Å². The van der Waals surface area contributed by atoms with E-state index in [1.165, 1.54) is 6.07 Å². The molecule has 0 amide bonds. The average Bonchev–Trinajstić information content (AvgIpc) is 2.37. The van der Waals surface area contributed by atoms with Gasteiger partial charge in [-0.2, -0.15) is 4.72 Å². The van der Waals surface area contributed by atoms with Gasteiger partial charge < -0.3 is 10.2 Å². The lowest BCUT2D eigenvalue weighted by Gasteiger charge is -2.14. The van der Waals surface area contributed by atoms with Gasteiger partial charge in [0.15, 0.2) is 0 Å². The number of sulfonamides is 1. The van der Waals surface area contributed by atoms with Gasteiger partial charge in [0.05, 0.1) is 14.9 Å². The summed E-state index contributed by atoms with van der Waals surface area (Å²) in [7, 11) is -4.16. The van der Waals surface area contributed by atoms with E-state index in [0.29, 0.717) is 0 Å². The molecule has 0 spiro atoms. The topological polar surface area (TPSA) is 121 Å². The van der Waals surface area contributed by atoms with Crippen LogP contribution < -0.4 is 4.72 Å². The molecule has 21 heavy (non-hydrogen) atoms. The number of carbonyl (C=O) groups is 2. The molecule has 0 aliphatic heterocycles. The van der Waals surface area contributed by atoms with Gasteiger partial charge in [0.25, 0.3) is 0 Å². The van der Waals surface area contributed by atoms with E-state index in [-0.39, 0.29) is 21.4 Å². The fourth-order valence-corrected chi connectivity index (χ4v) is 3.01. The van der Waals surface area contributed by atoms with Crippen LogP contribution in [0.3, 0.4) is 0 Å². The lowest BCUT2D eigenvalue weighted by molar-refractivity contribution is -0.140. The third-order valence-electron chi connectivity index (χ3n) is 2.44. The average molecular weight is 356 g/mol. The lowest BCUT2D eigenvalue weighted by Crippen LogP contribution is -2.41. The maximum Gasteiger partial charge on any atom is 0.321 e. The molecule has 3 N–H and O–H groups in total. The van der Waals surface area contributed by atoms with Crippen LogP contribution in [0.4, 0.5) is 0 Å². The number of rotatable bonds is 7. The van der Waals surface area contributed by atoms with Crippen molar-refractivity contribution >= 4 is 45.2 Å². The van der Waals surface area contributed by atoms with Gasteiger partial charge in [-0.25, -0.2) is 8.42 Å². The quantitative estimate of drug-likeness (QED) is 0.682. The number of carboxylic acid groups (broad SMARTS) is 2. The predicted octanol–water partition coefficient (Wildman–Crippen LogP) is 1.59. The Morgan fingerprint density at radius 1 is 1.19 bits per heavy atom. The van der Waals surface area contributed by atoms with Gasteiger partial charge in [-0.15, -0.1) is 0 Å². The van der Waals surface area contributed by atoms with Crippen LogP contribution in [0.15, 0.2) is 23.1 Å². The smallest absolute Gasteiger partial charge is 0.321 e. The molecule has 1 rings (SSSR count). The van der Waals surface area contributed by atoms with Gasteiger partial charge in [-0.05, 0) is 24.6 Å². The predicted molar refractivity (Wildman–Crippen MR) is 75.1 cm³/mol. The van der Waals surface area contributed by atoms with Gasteiger partial charge in [-0.1, -0.05) is 23.2 Å². The fraction of sp³-hybridized carbons (Fsp3) is 0.273. The van der Waals surface area contributed by atoms with Gasteiger partial charge in [-0.3, -0.25) is 9.59 Å². The van der Waals surface area contributed by atoms with Crippen molar-refractivity contribution in [3.8, 4) is 0 Å². The summed E-state index contributed by atoms with van der Waals surface area (Å²) in [5.41, 5.74) is 0. The summed E-state index contributed by atoms with van der Waals surface area (Å²) in [6.07, 6.45) is -0.869. The second kappa shape index (κ2) is 7.08. The third kappa shape index (κ3) is 5.16. The Balaban J connectivity index is 2.97. The molecule has 1 aromatic carbocycles. The first-order valence-electron chi connectivity index (χ1n) is 5.55. The Kier molecular flexibility index (Phi) is 5.97. The third-order valence-corrected chi connectivity index (χ3v) is 4.65. The van der Waals surface area contributed by atoms with Crippen LogP contribution >= 0.6 is 23.2 Å². The second-order valence-corrected chi connectivity index (χ2v) is 6.55. The molecule has 0 bridgehead atoms. The first-order chi connectivity index (χ1) is 9.63. The number of benzene rings is 1. The summed E-state index contributed by atoms with van der Waals surface area (Å²) in [6.45, 7) is 0. The molecule has 1 atom stereocenters. The molecule has 0 saturated carbocycles. The zero-order valence-corrected chi connectivity index (χ0v) is 12.7. The molecular weight excluding hydrogens is 345 g/mol. The van der Waals surface area contributed by atoms with Crippen molar-refractivity contribution in [1.82, 2.24) is 4.72 Å². The van der Waals surface area contributed by atoms with Gasteiger partial charge in [0.2, 0.25) is 10.0 Å². The number of hydrogen-bond acceptors (Lipinski definition) is 4. The molecule has 0 aliphatic carbocycles. The van der Waals surface area contributed by atoms with Crippen LogP contribution in [0.25, 0.3) is 0 Å². The van der Waals surface area contributed by atoms with Crippen molar-refractivity contribution in [3.63, 3.8) is 0 Å². The normalized spacial score (nSPS) is 12.9. The van der Waals surface area contributed by atoms with Crippen molar-refractivity contribution in [1.29, 1.82) is 0 Å². The SMILES string of the molecule is O=C(O)CCC(NS(=O)(=O)c1ccc(Cl)c(Cl)c1)C(=O)O. The van der Waals surface area contributed by atoms with Crippen molar-refractivity contribution in [2.75, 3.05) is 0 Å². The highest BCUT2D eigenvalue weighted by Crippen LogP contribution is 2.24. The van der Waals surface area contributed by atoms with Gasteiger partial charge >= 0.3 is 11.9 Å². The molecule has 10 heteroatoms. The van der Waals surface area contributed by atoms with E-state index in [1.807, 2.05) is 4.72 Å². The fourth-order valence-electron chi connectivity index (χ4n) is 1.40. The van der Waals surface area contributed by atoms with Crippen molar-refractivity contribution < 1.29 is 28.2 Å². The molecular formula is C11H11Cl2NO6S. The van der Waals surface area contributed by atoms with Crippen LogP contribution in [0.1, 0.15) is 12.8 Å². The summed E-state index contributed by atoms with van der Waals surface area (Å²) in [5.74, 6) is -2.70. The van der Waals surface area contributed by atoms with Crippen molar-refractivity contribution in [2.45, 2.75) is 23.8 Å². The molecule has 116 valence electrons. The van der Waals surface area contributed by atoms with Crippen LogP contribution in [0, 0.1) is 0 Å². The zero-order valence-electron chi connectivity index (χ0n) is 10.4. The Morgan fingerprint density at radius 3 is 2.29 bits per heavy atom. The molecule has 1 unspecified atom stereocenters. The molecule has 0 saturated heterocycles. The van der Waals surface area contributed by atoms with E-state index in [9.17, 15) is 18.0 Å². The maximum atomic E-state index is 12.0. The molecule has 0 aromatic heterocycles. The van der Waals surface area contributed by atoms with Crippen LogP contribution in [-0.4, -0.2) is 36.6 Å². The highest BCUT2D eigenvalue weighted by molar-refractivity contribution is 7.89. The molecule has 1 aromatic rings. The zero-order chi connectivity index (χ0) is 16.2. The van der Waals surface area contributed by atoms with E-state index >= 15 is 0 Å². The number of halogens is 2. The second-order valence-electron chi connectivity index (χ2n) is 4.02. The minimum absolute atomic E-state index is 0.00282. The molecule has 0 fully saturated rings. The van der Waals surface area contributed by atoms with Crippen molar-refractivity contribution in [3.05, 3.63) is 28.2 Å². The van der Waals surface area contributed by atoms with E-state index in [4.69, 9.17) is 33.4 Å². The minimum atomic E-state index is -4.16. The number of hydrogen-bond donors (Lipinski definition) is 3. The maximum absolute atomic E-state index is 12.0. The Labute approximate surface area is 130 Å². The first kappa shape index (κ1) is 17.7. The standard InChI is InChI=1S/C11H11Cl2NO6S/c12-7-2-1-6(5-8(7)13)21(19,20)14-9(11(17)18)3-4-10(15)16/h1-2,5,9,14H,3-4H2,(H,15,16)(H,17,18). The number of nitrogens with one attached hydrogen (secondary N) is 1. The molecule has 0 heterocycles. The monoisotopic (exact) mass is 355 g/mol. The Bertz CT molecular complexity index is 661. The first-order valence-corrected chi connectivity index (χ1v) is 7.79. The summed E-state index contributed by atoms with van der Waals surface area (Å²) in [4.78, 5) is 21.2. The lowest BCUT2D eigenvalue weighted by atomic mass is 10.2. The van der Waals surface area contributed by atoms with Crippen molar-refractivity contribution in [2.24, 2.45) is 0 Å². The van der Waals surface area contributed by atoms with Crippen LogP contribution in [-0.2, 0) is 19.6 Å². The Hall–Kier alpha value is -1.35. The highest BCUT2D eigenvalue weighted by atomic mass is 35.5. The molecule has 7 nitrogen and oxygen atoms in total. The summed E-state index contributed by atoms with van der Waals surface area (Å²) >= 11 is 11.4. The largest absolute Gasteiger partial charge is 0.481 e. The van der Waals surface area contributed by atoms with Gasteiger partial charge in [0.1, 0.15) is 6.04 Å². The minimum Gasteiger partial charge on any atom is -0.481 e. The van der Waals surface area contributed by atoms with E-state index in [0.717, 1.165) is 12.1 Å².